The molecule has 13 heavy (non-hydrogen) atoms. The topological polar surface area (TPSA) is 200 Å². The quantitative estimate of drug-likeness (QED) is 0.371. The molecule has 13 heteroatoms. The van der Waals surface area contributed by atoms with Crippen molar-refractivity contribution in [2.45, 2.75) is 0 Å². The summed E-state index contributed by atoms with van der Waals surface area (Å²) in [5.74, 6) is 0. The molecule has 0 unspecified atom stereocenters. The van der Waals surface area contributed by atoms with Gasteiger partial charge in [-0.25, -0.2) is 0 Å². The third kappa shape index (κ3) is 176. The number of hydrogen-bond donors (Lipinski definition) is 0. The molecule has 0 aliphatic carbocycles. The van der Waals surface area contributed by atoms with Gasteiger partial charge in [-0.2, -0.15) is 0 Å². The predicted octanol–water partition coefficient (Wildman–Crippen LogP) is -12.8. The van der Waals surface area contributed by atoms with Gasteiger partial charge in [-0.3, -0.25) is 0 Å². The monoisotopic (exact) mass is 358 g/mol. The van der Waals surface area contributed by atoms with Gasteiger partial charge in [0.25, 0.3) is 0 Å². The fourth-order valence-electron chi connectivity index (χ4n) is 0. The molecule has 0 aliphatic rings. The Balaban J connectivity index is 0. The molecule has 0 atom stereocenters. The van der Waals surface area contributed by atoms with Crippen LogP contribution < -0.4 is 96.8 Å². The first-order valence-electron chi connectivity index (χ1n) is 0. The zero-order valence-electron chi connectivity index (χ0n) is 7.75. The molecule has 0 rings (SSSR count). The predicted molar refractivity (Wildman–Crippen MR) is 4.81 cm³/mol. The van der Waals surface area contributed by atoms with Crippen molar-refractivity contribution in [1.29, 1.82) is 0 Å². The molecular formula is Li2Na2Nb2O7. The average molecular weight is 358 g/mol. The van der Waals surface area contributed by atoms with Gasteiger partial charge in [-0.15, -0.1) is 0 Å². The van der Waals surface area contributed by atoms with Crippen LogP contribution in [0.3, 0.4) is 0 Å². The van der Waals surface area contributed by atoms with Crippen LogP contribution in [0, 0.1) is 0 Å². The molecule has 0 N–H and O–H groups in total. The van der Waals surface area contributed by atoms with Gasteiger partial charge in [0.1, 0.15) is 0 Å². The van der Waals surface area contributed by atoms with Gasteiger partial charge in [0.2, 0.25) is 0 Å². The van der Waals surface area contributed by atoms with E-state index < -0.39 is 0 Å². The standard InChI is InChI=1S/2Li.2Na.2Nb.7O/q4*+1;2*+5;7*-2. The second-order valence-electron chi connectivity index (χ2n) is 0. The largest absolute Gasteiger partial charge is 5.00 e. The maximum Gasteiger partial charge on any atom is 5.00 e. The van der Waals surface area contributed by atoms with Crippen molar-refractivity contribution in [3.63, 3.8) is 0 Å². The maximum atomic E-state index is 0. The van der Waals surface area contributed by atoms with Crippen molar-refractivity contribution >= 4 is 0 Å². The first-order valence-corrected chi connectivity index (χ1v) is 0. The molecule has 0 amide bonds. The summed E-state index contributed by atoms with van der Waals surface area (Å²) in [6.07, 6.45) is 0. The number of hydrogen-bond acceptors (Lipinski definition) is 0. The van der Waals surface area contributed by atoms with Gasteiger partial charge in [0.05, 0.1) is 0 Å². The second kappa shape index (κ2) is 201. The summed E-state index contributed by atoms with van der Waals surface area (Å²) in [6, 6.07) is 0. The molecule has 0 aromatic rings. The molecule has 0 radical (unpaired) electrons. The van der Waals surface area contributed by atoms with Crippen LogP contribution in [0.15, 0.2) is 0 Å². The van der Waals surface area contributed by atoms with Gasteiger partial charge in [-0.05, 0) is 0 Å². The summed E-state index contributed by atoms with van der Waals surface area (Å²) in [5.41, 5.74) is 0. The van der Waals surface area contributed by atoms with E-state index in [1.165, 1.54) is 0 Å². The third-order valence-electron chi connectivity index (χ3n) is 0. The van der Waals surface area contributed by atoms with Crippen LogP contribution in [0.4, 0.5) is 0 Å². The molecular weight excluding hydrogens is 358 g/mol. The minimum absolute atomic E-state index is 0. The Morgan fingerprint density at radius 3 is 0.308 bits per heavy atom. The molecule has 0 spiro atoms. The van der Waals surface area contributed by atoms with Crippen LogP contribution >= 0.6 is 0 Å². The minimum Gasteiger partial charge on any atom is -2.00 e. The van der Waals surface area contributed by atoms with E-state index in [2.05, 4.69) is 0 Å². The SMILES string of the molecule is [Li+].[Li+].[Na+].[Na+].[Nb+5].[Nb+5].[O-2].[O-2].[O-2].[O-2].[O-2].[O-2].[O-2]. The third-order valence-corrected chi connectivity index (χ3v) is 0. The molecule has 0 saturated carbocycles. The van der Waals surface area contributed by atoms with Crippen LogP contribution in [0.1, 0.15) is 0 Å². The summed E-state index contributed by atoms with van der Waals surface area (Å²) < 4.78 is 0. The molecule has 0 fully saturated rings. The van der Waals surface area contributed by atoms with Crippen LogP contribution in [-0.4, -0.2) is 0 Å². The van der Waals surface area contributed by atoms with Gasteiger partial charge < -0.3 is 38.3 Å². The molecule has 0 saturated heterocycles. The van der Waals surface area contributed by atoms with E-state index in [1.54, 1.807) is 0 Å². The van der Waals surface area contributed by atoms with E-state index in [4.69, 9.17) is 0 Å². The van der Waals surface area contributed by atoms with Crippen LogP contribution in [0.25, 0.3) is 0 Å². The maximum absolute atomic E-state index is 0. The van der Waals surface area contributed by atoms with E-state index in [-0.39, 0.29) is 180 Å². The molecule has 56 valence electrons. The molecule has 0 heterocycles. The summed E-state index contributed by atoms with van der Waals surface area (Å²) in [5, 5.41) is 0. The Bertz CT molecular complexity index is 22.5. The smallest absolute Gasteiger partial charge is 2.00 e. The van der Waals surface area contributed by atoms with Gasteiger partial charge in [0.15, 0.2) is 0 Å². The second-order valence-corrected chi connectivity index (χ2v) is 0. The Labute approximate surface area is 176 Å². The van der Waals surface area contributed by atoms with Crippen LogP contribution in [0.5, 0.6) is 0 Å². The Kier molecular flexibility index (Phi) is 3750. The van der Waals surface area contributed by atoms with Crippen molar-refractivity contribution in [2.75, 3.05) is 0 Å². The van der Waals surface area contributed by atoms with Crippen molar-refractivity contribution < 1.29 is 180 Å². The van der Waals surface area contributed by atoms with Gasteiger partial charge in [0, 0.05) is 0 Å². The van der Waals surface area contributed by atoms with Crippen molar-refractivity contribution in [2.24, 2.45) is 0 Å². The first-order chi connectivity index (χ1) is 0. The van der Waals surface area contributed by atoms with Crippen molar-refractivity contribution in [1.82, 2.24) is 0 Å². The zero-order chi connectivity index (χ0) is 0. The summed E-state index contributed by atoms with van der Waals surface area (Å²) in [7, 11) is 0. The van der Waals surface area contributed by atoms with E-state index in [0.717, 1.165) is 0 Å². The summed E-state index contributed by atoms with van der Waals surface area (Å²) >= 11 is 0. The zero-order valence-corrected chi connectivity index (χ0v) is 16.1. The van der Waals surface area contributed by atoms with Crippen LogP contribution in [0.2, 0.25) is 0 Å². The Morgan fingerprint density at radius 2 is 0.308 bits per heavy atom. The molecule has 0 bridgehead atoms. The van der Waals surface area contributed by atoms with E-state index in [9.17, 15) is 0 Å². The molecule has 0 aromatic heterocycles. The fourth-order valence-corrected chi connectivity index (χ4v) is 0. The van der Waals surface area contributed by atoms with Crippen molar-refractivity contribution in [3.8, 4) is 0 Å². The Hall–Kier alpha value is 4.40. The van der Waals surface area contributed by atoms with Gasteiger partial charge >= 0.3 is 142 Å². The first kappa shape index (κ1) is 242. The molecule has 7 nitrogen and oxygen atoms in total. The van der Waals surface area contributed by atoms with Crippen LogP contribution in [-0.2, 0) is 83.1 Å². The average Bonchev–Trinajstić information content (AvgIpc) is 0. The molecule has 0 aliphatic heterocycles. The van der Waals surface area contributed by atoms with E-state index >= 15 is 0 Å². The Morgan fingerprint density at radius 1 is 0.308 bits per heavy atom. The minimum atomic E-state index is 0. The summed E-state index contributed by atoms with van der Waals surface area (Å²) in [6.45, 7) is 0. The fraction of sp³-hybridized carbons (Fsp3) is 0. The van der Waals surface area contributed by atoms with E-state index in [1.807, 2.05) is 0 Å². The normalized spacial score (nSPS) is 0. The van der Waals surface area contributed by atoms with Crippen molar-refractivity contribution in [3.05, 3.63) is 0 Å². The summed E-state index contributed by atoms with van der Waals surface area (Å²) in [4.78, 5) is 0. The number of rotatable bonds is 0. The molecule has 0 aromatic carbocycles. The van der Waals surface area contributed by atoms with E-state index in [0.29, 0.717) is 0 Å². The van der Waals surface area contributed by atoms with Gasteiger partial charge in [-0.1, -0.05) is 0 Å².